The Hall–Kier alpha value is -2.87. The third-order valence-electron chi connectivity index (χ3n) is 5.85. The predicted molar refractivity (Wildman–Crippen MR) is 105 cm³/mol. The molecule has 1 heterocycles. The van der Waals surface area contributed by atoms with Crippen LogP contribution in [0.5, 0.6) is 0 Å². The van der Waals surface area contributed by atoms with E-state index in [1.165, 1.54) is 27.8 Å². The average Bonchev–Trinajstić information content (AvgIpc) is 2.94. The van der Waals surface area contributed by atoms with Crippen LogP contribution in [0.3, 0.4) is 0 Å². The van der Waals surface area contributed by atoms with Gasteiger partial charge in [-0.1, -0.05) is 84.0 Å². The molecule has 0 saturated heterocycles. The van der Waals surface area contributed by atoms with Gasteiger partial charge in [-0.15, -0.1) is 0 Å². The Kier molecular flexibility index (Phi) is 3.82. The molecular weight excluding hydrogens is 318 g/mol. The van der Waals surface area contributed by atoms with Gasteiger partial charge in [-0.05, 0) is 40.2 Å². The summed E-state index contributed by atoms with van der Waals surface area (Å²) in [5.74, 6) is 1.17. The van der Waals surface area contributed by atoms with Gasteiger partial charge in [0.2, 0.25) is 0 Å². The number of rotatable bonds is 2. The van der Waals surface area contributed by atoms with Crippen LogP contribution in [0.1, 0.15) is 52.0 Å². The van der Waals surface area contributed by atoms with Gasteiger partial charge in [0.15, 0.2) is 0 Å². The Balaban J connectivity index is 1.71. The maximum atomic E-state index is 5.63. The highest BCUT2D eigenvalue weighted by atomic mass is 16.6. The Bertz CT molecular complexity index is 933. The molecule has 3 atom stereocenters. The van der Waals surface area contributed by atoms with Gasteiger partial charge in [-0.2, -0.15) is 0 Å². The minimum Gasteiger partial charge on any atom is -0.395 e. The van der Waals surface area contributed by atoms with Crippen molar-refractivity contribution in [1.29, 1.82) is 0 Å². The molecule has 2 aliphatic rings. The Morgan fingerprint density at radius 1 is 0.731 bits per heavy atom. The van der Waals surface area contributed by atoms with E-state index in [4.69, 9.17) is 4.84 Å². The number of oxime groups is 1. The first-order valence-electron chi connectivity index (χ1n) is 9.30. The van der Waals surface area contributed by atoms with Crippen molar-refractivity contribution in [1.82, 2.24) is 0 Å². The lowest BCUT2D eigenvalue weighted by atomic mass is 9.65. The van der Waals surface area contributed by atoms with Crippen LogP contribution in [0.4, 0.5) is 0 Å². The van der Waals surface area contributed by atoms with E-state index in [1.54, 1.807) is 0 Å². The fourth-order valence-electron chi connectivity index (χ4n) is 4.68. The molecule has 3 unspecified atom stereocenters. The third kappa shape index (κ3) is 2.53. The van der Waals surface area contributed by atoms with Crippen LogP contribution in [0.15, 0.2) is 84.0 Å². The molecule has 3 aromatic carbocycles. The first-order chi connectivity index (χ1) is 12.9. The summed E-state index contributed by atoms with van der Waals surface area (Å²) in [6.07, 6.45) is 2.98. The maximum absolute atomic E-state index is 5.63. The largest absolute Gasteiger partial charge is 0.395 e. The predicted octanol–water partition coefficient (Wildman–Crippen LogP) is 5.45. The summed E-state index contributed by atoms with van der Waals surface area (Å²) >= 11 is 0. The standard InChI is InChI=1S/C24H21NO/c1-3-8-17(9-4-1)21-14-22(18-10-5-2-6-11-18)23-16-26-25-15-19-12-7-13-20(21)24(19)23/h1-13,15,21-23H,14,16H2. The molecule has 0 aromatic heterocycles. The summed E-state index contributed by atoms with van der Waals surface area (Å²) in [6, 6.07) is 28.4. The summed E-state index contributed by atoms with van der Waals surface area (Å²) in [5.41, 5.74) is 6.84. The van der Waals surface area contributed by atoms with Crippen LogP contribution in [0.25, 0.3) is 0 Å². The van der Waals surface area contributed by atoms with E-state index >= 15 is 0 Å². The normalized spacial score (nSPS) is 23.6. The summed E-state index contributed by atoms with van der Waals surface area (Å²) in [7, 11) is 0. The van der Waals surface area contributed by atoms with Crippen LogP contribution in [0, 0.1) is 0 Å². The Morgan fingerprint density at radius 2 is 1.46 bits per heavy atom. The van der Waals surface area contributed by atoms with E-state index in [1.807, 2.05) is 6.21 Å². The summed E-state index contributed by atoms with van der Waals surface area (Å²) < 4.78 is 0. The van der Waals surface area contributed by atoms with E-state index in [-0.39, 0.29) is 0 Å². The van der Waals surface area contributed by atoms with Gasteiger partial charge in [0.1, 0.15) is 6.61 Å². The van der Waals surface area contributed by atoms with Crippen LogP contribution in [0.2, 0.25) is 0 Å². The van der Waals surface area contributed by atoms with Crippen LogP contribution in [-0.2, 0) is 4.84 Å². The molecule has 5 rings (SSSR count). The van der Waals surface area contributed by atoms with Crippen molar-refractivity contribution < 1.29 is 4.84 Å². The van der Waals surface area contributed by atoms with Crippen molar-refractivity contribution in [3.05, 3.63) is 107 Å². The second-order valence-electron chi connectivity index (χ2n) is 7.20. The molecule has 0 bridgehead atoms. The molecule has 0 fully saturated rings. The van der Waals surface area contributed by atoms with Gasteiger partial charge < -0.3 is 4.84 Å². The minimum atomic E-state index is 0.339. The highest BCUT2D eigenvalue weighted by molar-refractivity contribution is 5.83. The van der Waals surface area contributed by atoms with Crippen molar-refractivity contribution >= 4 is 6.21 Å². The van der Waals surface area contributed by atoms with Gasteiger partial charge >= 0.3 is 0 Å². The lowest BCUT2D eigenvalue weighted by Gasteiger charge is -2.38. The number of benzene rings is 3. The average molecular weight is 339 g/mol. The molecule has 26 heavy (non-hydrogen) atoms. The third-order valence-corrected chi connectivity index (χ3v) is 5.85. The molecule has 1 aliphatic carbocycles. The van der Waals surface area contributed by atoms with Crippen LogP contribution < -0.4 is 0 Å². The Morgan fingerprint density at radius 3 is 2.23 bits per heavy atom. The zero-order valence-corrected chi connectivity index (χ0v) is 14.6. The smallest absolute Gasteiger partial charge is 0.124 e. The number of hydrogen-bond acceptors (Lipinski definition) is 2. The molecule has 0 saturated carbocycles. The van der Waals surface area contributed by atoms with Crippen molar-refractivity contribution in [3.8, 4) is 0 Å². The van der Waals surface area contributed by atoms with E-state index in [9.17, 15) is 0 Å². The first-order valence-corrected chi connectivity index (χ1v) is 9.30. The summed E-state index contributed by atoms with van der Waals surface area (Å²) in [6.45, 7) is 0.640. The molecule has 0 radical (unpaired) electrons. The van der Waals surface area contributed by atoms with Crippen LogP contribution in [-0.4, -0.2) is 12.8 Å². The molecule has 2 heteroatoms. The highest BCUT2D eigenvalue weighted by Crippen LogP contribution is 2.51. The first kappa shape index (κ1) is 15.4. The van der Waals surface area contributed by atoms with E-state index in [0.717, 1.165) is 6.42 Å². The van der Waals surface area contributed by atoms with Gasteiger partial charge in [0.05, 0.1) is 6.21 Å². The highest BCUT2D eigenvalue weighted by Gasteiger charge is 2.38. The molecule has 1 aliphatic heterocycles. The molecule has 0 N–H and O–H groups in total. The van der Waals surface area contributed by atoms with Gasteiger partial charge in [0.25, 0.3) is 0 Å². The van der Waals surface area contributed by atoms with Crippen molar-refractivity contribution in [2.24, 2.45) is 5.16 Å². The van der Waals surface area contributed by atoms with Gasteiger partial charge in [-0.3, -0.25) is 0 Å². The Labute approximate surface area is 154 Å². The lowest BCUT2D eigenvalue weighted by Crippen LogP contribution is -2.26. The fourth-order valence-corrected chi connectivity index (χ4v) is 4.68. The maximum Gasteiger partial charge on any atom is 0.124 e. The second-order valence-corrected chi connectivity index (χ2v) is 7.20. The second kappa shape index (κ2) is 6.45. The molecule has 2 nitrogen and oxygen atoms in total. The molecule has 0 spiro atoms. The topological polar surface area (TPSA) is 21.6 Å². The van der Waals surface area contributed by atoms with Crippen molar-refractivity contribution in [2.75, 3.05) is 6.61 Å². The summed E-state index contributed by atoms with van der Waals surface area (Å²) in [5, 5.41) is 4.18. The minimum absolute atomic E-state index is 0.339. The number of nitrogens with zero attached hydrogens (tertiary/aromatic N) is 1. The van der Waals surface area contributed by atoms with Gasteiger partial charge in [0, 0.05) is 11.8 Å². The zero-order chi connectivity index (χ0) is 17.3. The van der Waals surface area contributed by atoms with E-state index in [2.05, 4.69) is 84.0 Å². The zero-order valence-electron chi connectivity index (χ0n) is 14.6. The molecular formula is C24H21NO. The van der Waals surface area contributed by atoms with E-state index in [0.29, 0.717) is 24.4 Å². The van der Waals surface area contributed by atoms with Crippen molar-refractivity contribution in [2.45, 2.75) is 24.2 Å². The van der Waals surface area contributed by atoms with E-state index < -0.39 is 0 Å². The monoisotopic (exact) mass is 339 g/mol. The quantitative estimate of drug-likeness (QED) is 0.608. The molecule has 0 amide bonds. The van der Waals surface area contributed by atoms with Gasteiger partial charge in [-0.25, -0.2) is 0 Å². The lowest BCUT2D eigenvalue weighted by molar-refractivity contribution is 0.121. The van der Waals surface area contributed by atoms with Crippen LogP contribution >= 0.6 is 0 Å². The number of hydrogen-bond donors (Lipinski definition) is 0. The molecule has 128 valence electrons. The van der Waals surface area contributed by atoms with Crippen molar-refractivity contribution in [3.63, 3.8) is 0 Å². The summed E-state index contributed by atoms with van der Waals surface area (Å²) in [4.78, 5) is 5.63. The SMILES string of the molecule is C1=NOCC2c3c1cccc3C(c1ccccc1)CC2c1ccccc1. The fraction of sp³-hybridized carbons (Fsp3) is 0.208. The molecule has 3 aromatic rings.